The van der Waals surface area contributed by atoms with Crippen LogP contribution < -0.4 is 5.32 Å². The van der Waals surface area contributed by atoms with Gasteiger partial charge in [-0.25, -0.2) is 0 Å². The molecule has 0 bridgehead atoms. The second-order valence-electron chi connectivity index (χ2n) is 6.84. The summed E-state index contributed by atoms with van der Waals surface area (Å²) in [4.78, 5) is 12.8. The summed E-state index contributed by atoms with van der Waals surface area (Å²) in [7, 11) is 0. The third kappa shape index (κ3) is 4.16. The van der Waals surface area contributed by atoms with E-state index in [1.165, 1.54) is 19.3 Å². The van der Waals surface area contributed by atoms with Gasteiger partial charge >= 0.3 is 0 Å². The summed E-state index contributed by atoms with van der Waals surface area (Å²) in [6.07, 6.45) is 5.87. The predicted molar refractivity (Wildman–Crippen MR) is 107 cm³/mol. The Balaban J connectivity index is 1.84. The largest absolute Gasteiger partial charge is 0.450 e. The van der Waals surface area contributed by atoms with Crippen molar-refractivity contribution in [1.29, 1.82) is 0 Å². The summed E-state index contributed by atoms with van der Waals surface area (Å²) in [6, 6.07) is 16.0. The molecule has 3 rings (SSSR count). The highest BCUT2D eigenvalue weighted by Crippen LogP contribution is 2.35. The van der Waals surface area contributed by atoms with Crippen molar-refractivity contribution >= 4 is 16.9 Å². The summed E-state index contributed by atoms with van der Waals surface area (Å²) in [6.45, 7) is 4.94. The molecule has 2 aromatic carbocycles. The molecule has 0 atom stereocenters. The molecule has 1 amide bonds. The zero-order valence-corrected chi connectivity index (χ0v) is 15.7. The number of unbranched alkanes of at least 4 members (excludes halogenated alkanes) is 4. The number of furan rings is 1. The quantitative estimate of drug-likeness (QED) is 0.499. The van der Waals surface area contributed by atoms with Crippen molar-refractivity contribution in [2.24, 2.45) is 0 Å². The van der Waals surface area contributed by atoms with Crippen LogP contribution in [0.1, 0.15) is 55.1 Å². The predicted octanol–water partition coefficient (Wildman–Crippen LogP) is 6.11. The molecule has 0 aliphatic heterocycles. The second kappa shape index (κ2) is 8.70. The van der Waals surface area contributed by atoms with Crippen LogP contribution in [0.3, 0.4) is 0 Å². The molecule has 0 unspecified atom stereocenters. The fraction of sp³-hybridized carbons (Fsp3) is 0.348. The highest BCUT2D eigenvalue weighted by atomic mass is 16.3. The lowest BCUT2D eigenvalue weighted by Crippen LogP contribution is -2.24. The van der Waals surface area contributed by atoms with E-state index in [9.17, 15) is 4.79 Å². The van der Waals surface area contributed by atoms with Crippen molar-refractivity contribution in [2.75, 3.05) is 6.54 Å². The van der Waals surface area contributed by atoms with Gasteiger partial charge in [0, 0.05) is 17.5 Å². The molecule has 0 aliphatic rings. The second-order valence-corrected chi connectivity index (χ2v) is 6.84. The Morgan fingerprint density at radius 1 is 1.00 bits per heavy atom. The molecular weight excluding hydrogens is 322 g/mol. The number of benzene rings is 2. The van der Waals surface area contributed by atoms with Gasteiger partial charge in [-0.05, 0) is 31.0 Å². The number of hydrogen-bond acceptors (Lipinski definition) is 2. The van der Waals surface area contributed by atoms with Crippen LogP contribution >= 0.6 is 0 Å². The van der Waals surface area contributed by atoms with Gasteiger partial charge in [0.25, 0.3) is 5.91 Å². The minimum Gasteiger partial charge on any atom is -0.450 e. The molecule has 0 fully saturated rings. The van der Waals surface area contributed by atoms with Gasteiger partial charge in [0.2, 0.25) is 5.76 Å². The van der Waals surface area contributed by atoms with E-state index in [0.717, 1.165) is 40.5 Å². The number of fused-ring (bicyclic) bond motifs is 1. The van der Waals surface area contributed by atoms with Gasteiger partial charge in [0.05, 0.1) is 0 Å². The van der Waals surface area contributed by atoms with Crippen LogP contribution in [-0.2, 0) is 0 Å². The van der Waals surface area contributed by atoms with E-state index in [1.54, 1.807) is 0 Å². The molecule has 3 heteroatoms. The minimum atomic E-state index is -0.131. The highest BCUT2D eigenvalue weighted by Gasteiger charge is 2.21. The van der Waals surface area contributed by atoms with Crippen molar-refractivity contribution < 1.29 is 9.21 Å². The van der Waals surface area contributed by atoms with Crippen molar-refractivity contribution in [2.45, 2.75) is 46.0 Å². The number of carbonyl (C=O) groups is 1. The van der Waals surface area contributed by atoms with Gasteiger partial charge < -0.3 is 9.73 Å². The average molecular weight is 349 g/mol. The van der Waals surface area contributed by atoms with Crippen molar-refractivity contribution in [3.05, 3.63) is 59.9 Å². The molecule has 0 radical (unpaired) electrons. The van der Waals surface area contributed by atoms with E-state index >= 15 is 0 Å². The Morgan fingerprint density at radius 2 is 1.77 bits per heavy atom. The van der Waals surface area contributed by atoms with Crippen LogP contribution in [0.5, 0.6) is 0 Å². The molecule has 3 aromatic rings. The first-order valence-corrected chi connectivity index (χ1v) is 9.57. The van der Waals surface area contributed by atoms with Crippen molar-refractivity contribution in [3.8, 4) is 11.1 Å². The number of hydrogen-bond donors (Lipinski definition) is 1. The Morgan fingerprint density at radius 3 is 2.54 bits per heavy atom. The maximum absolute atomic E-state index is 12.8. The normalized spacial score (nSPS) is 11.0. The standard InChI is InChI=1S/C23H27NO2/c1-3-4-5-6-10-15-24-23(25)22-21(18-11-8-7-9-12-18)19-16-17(2)13-14-20(19)26-22/h7-9,11-14,16H,3-6,10,15H2,1-2H3,(H,24,25). The van der Waals surface area contributed by atoms with E-state index in [0.29, 0.717) is 12.3 Å². The van der Waals surface area contributed by atoms with Gasteiger partial charge in [-0.1, -0.05) is 74.6 Å². The smallest absolute Gasteiger partial charge is 0.287 e. The first kappa shape index (κ1) is 18.2. The Kier molecular flexibility index (Phi) is 6.11. The highest BCUT2D eigenvalue weighted by molar-refractivity contribution is 6.08. The third-order valence-corrected chi connectivity index (χ3v) is 4.68. The van der Waals surface area contributed by atoms with Gasteiger partial charge in [0.1, 0.15) is 5.58 Å². The summed E-state index contributed by atoms with van der Waals surface area (Å²) in [5, 5.41) is 4.02. The number of nitrogens with one attached hydrogen (secondary N) is 1. The van der Waals surface area contributed by atoms with Gasteiger partial charge in [-0.3, -0.25) is 4.79 Å². The SMILES string of the molecule is CCCCCCCNC(=O)c1oc2ccc(C)cc2c1-c1ccccc1. The van der Waals surface area contributed by atoms with Crippen LogP contribution in [0.2, 0.25) is 0 Å². The van der Waals surface area contributed by atoms with Crippen molar-refractivity contribution in [3.63, 3.8) is 0 Å². The fourth-order valence-electron chi connectivity index (χ4n) is 3.27. The van der Waals surface area contributed by atoms with Crippen LogP contribution in [0, 0.1) is 6.92 Å². The maximum Gasteiger partial charge on any atom is 0.287 e. The van der Waals surface area contributed by atoms with Crippen LogP contribution in [-0.4, -0.2) is 12.5 Å². The van der Waals surface area contributed by atoms with Crippen LogP contribution in [0.15, 0.2) is 52.9 Å². The maximum atomic E-state index is 12.8. The van der Waals surface area contributed by atoms with E-state index in [4.69, 9.17) is 4.42 Å². The molecule has 0 aliphatic carbocycles. The Bertz CT molecular complexity index is 865. The first-order chi connectivity index (χ1) is 12.7. The van der Waals surface area contributed by atoms with E-state index in [1.807, 2.05) is 42.5 Å². The van der Waals surface area contributed by atoms with E-state index in [-0.39, 0.29) is 5.91 Å². The zero-order valence-electron chi connectivity index (χ0n) is 15.7. The zero-order chi connectivity index (χ0) is 18.4. The fourth-order valence-corrected chi connectivity index (χ4v) is 3.27. The van der Waals surface area contributed by atoms with E-state index in [2.05, 4.69) is 25.2 Å². The molecule has 0 saturated carbocycles. The lowest BCUT2D eigenvalue weighted by molar-refractivity contribution is 0.0928. The molecule has 1 aromatic heterocycles. The Labute approximate surface area is 155 Å². The molecular formula is C23H27NO2. The molecule has 0 spiro atoms. The van der Waals surface area contributed by atoms with Gasteiger partial charge in [-0.2, -0.15) is 0 Å². The average Bonchev–Trinajstić information content (AvgIpc) is 3.03. The van der Waals surface area contributed by atoms with Crippen LogP contribution in [0.25, 0.3) is 22.1 Å². The molecule has 1 N–H and O–H groups in total. The molecule has 26 heavy (non-hydrogen) atoms. The van der Waals surface area contributed by atoms with Gasteiger partial charge in [-0.15, -0.1) is 0 Å². The molecule has 1 heterocycles. The summed E-state index contributed by atoms with van der Waals surface area (Å²) >= 11 is 0. The van der Waals surface area contributed by atoms with Crippen LogP contribution in [0.4, 0.5) is 0 Å². The Hall–Kier alpha value is -2.55. The van der Waals surface area contributed by atoms with E-state index < -0.39 is 0 Å². The summed E-state index contributed by atoms with van der Waals surface area (Å²) < 4.78 is 5.95. The van der Waals surface area contributed by atoms with Gasteiger partial charge in [0.15, 0.2) is 0 Å². The lowest BCUT2D eigenvalue weighted by atomic mass is 10.0. The summed E-state index contributed by atoms with van der Waals surface area (Å²) in [5.41, 5.74) is 3.79. The number of carbonyl (C=O) groups excluding carboxylic acids is 1. The third-order valence-electron chi connectivity index (χ3n) is 4.68. The molecule has 3 nitrogen and oxygen atoms in total. The van der Waals surface area contributed by atoms with Crippen molar-refractivity contribution in [1.82, 2.24) is 5.32 Å². The number of rotatable bonds is 8. The topological polar surface area (TPSA) is 42.2 Å². The lowest BCUT2D eigenvalue weighted by Gasteiger charge is -2.06. The summed E-state index contributed by atoms with van der Waals surface area (Å²) in [5.74, 6) is 0.276. The molecule has 136 valence electrons. The number of amides is 1. The molecule has 0 saturated heterocycles. The minimum absolute atomic E-state index is 0.131. The monoisotopic (exact) mass is 349 g/mol. The number of aryl methyl sites for hydroxylation is 1. The first-order valence-electron chi connectivity index (χ1n) is 9.57.